The molecule has 4 heteroatoms. The van der Waals surface area contributed by atoms with Crippen molar-refractivity contribution < 1.29 is 9.59 Å². The third-order valence-corrected chi connectivity index (χ3v) is 4.51. The quantitative estimate of drug-likeness (QED) is 0.793. The van der Waals surface area contributed by atoms with E-state index >= 15 is 0 Å². The van der Waals surface area contributed by atoms with Crippen molar-refractivity contribution in [2.24, 2.45) is 11.7 Å². The molecule has 1 aliphatic carbocycles. The minimum Gasteiger partial charge on any atom is -0.353 e. The minimum atomic E-state index is -0.0363. The molecular weight excluding hydrogens is 276 g/mol. The van der Waals surface area contributed by atoms with E-state index in [-0.39, 0.29) is 30.6 Å². The van der Waals surface area contributed by atoms with Gasteiger partial charge >= 0.3 is 0 Å². The number of hydrogen-bond donors (Lipinski definition) is 2. The van der Waals surface area contributed by atoms with Crippen LogP contribution in [0.25, 0.3) is 0 Å². The van der Waals surface area contributed by atoms with Crippen molar-refractivity contribution in [2.45, 2.75) is 51.5 Å². The van der Waals surface area contributed by atoms with E-state index in [2.05, 4.69) is 5.32 Å². The third kappa shape index (κ3) is 4.67. The lowest BCUT2D eigenvalue weighted by Gasteiger charge is -2.31. The number of benzene rings is 1. The molecule has 2 atom stereocenters. The van der Waals surface area contributed by atoms with E-state index in [4.69, 9.17) is 5.73 Å². The lowest BCUT2D eigenvalue weighted by molar-refractivity contribution is -0.122. The van der Waals surface area contributed by atoms with Crippen LogP contribution in [0.4, 0.5) is 0 Å². The normalized spacial score (nSPS) is 21.4. The second kappa shape index (κ2) is 8.08. The molecule has 4 nitrogen and oxygen atoms in total. The number of hydrogen-bond acceptors (Lipinski definition) is 3. The Balaban J connectivity index is 1.79. The summed E-state index contributed by atoms with van der Waals surface area (Å²) in [6, 6.07) is 7.66. The summed E-state index contributed by atoms with van der Waals surface area (Å²) >= 11 is 0. The summed E-state index contributed by atoms with van der Waals surface area (Å²) in [5.74, 6) is 0.366. The van der Waals surface area contributed by atoms with Gasteiger partial charge in [-0.2, -0.15) is 0 Å². The van der Waals surface area contributed by atoms with E-state index in [9.17, 15) is 9.59 Å². The number of carbonyl (C=O) groups excluding carboxylic acids is 2. The predicted octanol–water partition coefficient (Wildman–Crippen LogP) is 2.59. The van der Waals surface area contributed by atoms with Gasteiger partial charge in [0.1, 0.15) is 0 Å². The van der Waals surface area contributed by atoms with Crippen LogP contribution >= 0.6 is 0 Å². The Labute approximate surface area is 132 Å². The van der Waals surface area contributed by atoms with E-state index in [1.807, 2.05) is 31.2 Å². The molecule has 0 aliphatic heterocycles. The molecule has 0 heterocycles. The Morgan fingerprint density at radius 3 is 2.50 bits per heavy atom. The summed E-state index contributed by atoms with van der Waals surface area (Å²) in [5, 5.41) is 3.06. The summed E-state index contributed by atoms with van der Waals surface area (Å²) in [7, 11) is 0. The van der Waals surface area contributed by atoms with Crippen molar-refractivity contribution in [3.8, 4) is 0 Å². The van der Waals surface area contributed by atoms with Crippen LogP contribution in [-0.2, 0) is 4.79 Å². The Morgan fingerprint density at radius 1 is 1.14 bits per heavy atom. The molecule has 1 saturated carbocycles. The fraction of sp³-hybridized carbons (Fsp3) is 0.556. The maximum absolute atomic E-state index is 12.1. The number of nitrogens with two attached hydrogens (primary N) is 1. The molecule has 1 aromatic rings. The SMILES string of the molecule is Cc1ccc(C(=O)CCC(=O)NC2CCCCC2CN)cc1. The Bertz CT molecular complexity index is 510. The fourth-order valence-corrected chi connectivity index (χ4v) is 3.07. The lowest BCUT2D eigenvalue weighted by atomic mass is 9.84. The highest BCUT2D eigenvalue weighted by molar-refractivity contribution is 5.97. The van der Waals surface area contributed by atoms with Gasteiger partial charge in [-0.05, 0) is 32.2 Å². The molecule has 120 valence electrons. The molecule has 1 fully saturated rings. The molecule has 0 saturated heterocycles. The molecule has 0 bridgehead atoms. The number of rotatable bonds is 6. The third-order valence-electron chi connectivity index (χ3n) is 4.51. The monoisotopic (exact) mass is 302 g/mol. The van der Waals surface area contributed by atoms with Gasteiger partial charge in [-0.3, -0.25) is 9.59 Å². The molecule has 0 radical (unpaired) electrons. The largest absolute Gasteiger partial charge is 0.353 e. The number of Topliss-reactive ketones (excluding diaryl/α,β-unsaturated/α-hetero) is 1. The van der Waals surface area contributed by atoms with Gasteiger partial charge in [0.05, 0.1) is 0 Å². The second-order valence-corrected chi connectivity index (χ2v) is 6.24. The molecule has 0 aromatic heterocycles. The second-order valence-electron chi connectivity index (χ2n) is 6.24. The fourth-order valence-electron chi connectivity index (χ4n) is 3.07. The van der Waals surface area contributed by atoms with Crippen LogP contribution in [0.15, 0.2) is 24.3 Å². The highest BCUT2D eigenvalue weighted by atomic mass is 16.2. The van der Waals surface area contributed by atoms with E-state index in [1.54, 1.807) is 0 Å². The first-order valence-corrected chi connectivity index (χ1v) is 8.19. The van der Waals surface area contributed by atoms with Crippen LogP contribution in [0.3, 0.4) is 0 Å². The molecular formula is C18H26N2O2. The zero-order valence-corrected chi connectivity index (χ0v) is 13.3. The summed E-state index contributed by atoms with van der Waals surface area (Å²) < 4.78 is 0. The van der Waals surface area contributed by atoms with E-state index in [0.29, 0.717) is 18.0 Å². The molecule has 1 aliphatic rings. The standard InChI is InChI=1S/C18H26N2O2/c1-13-6-8-14(9-7-13)17(21)10-11-18(22)20-16-5-3-2-4-15(16)12-19/h6-9,15-16H,2-5,10-12,19H2,1H3,(H,20,22). The van der Waals surface area contributed by atoms with Crippen LogP contribution in [-0.4, -0.2) is 24.3 Å². The smallest absolute Gasteiger partial charge is 0.220 e. The van der Waals surface area contributed by atoms with Gasteiger partial charge in [-0.1, -0.05) is 42.7 Å². The van der Waals surface area contributed by atoms with Crippen molar-refractivity contribution >= 4 is 11.7 Å². The van der Waals surface area contributed by atoms with E-state index in [0.717, 1.165) is 24.8 Å². The maximum Gasteiger partial charge on any atom is 0.220 e. The van der Waals surface area contributed by atoms with Crippen LogP contribution in [0.5, 0.6) is 0 Å². The zero-order chi connectivity index (χ0) is 15.9. The van der Waals surface area contributed by atoms with Gasteiger partial charge in [0, 0.05) is 24.4 Å². The summed E-state index contributed by atoms with van der Waals surface area (Å²) in [5.41, 5.74) is 7.58. The first-order valence-electron chi connectivity index (χ1n) is 8.19. The average molecular weight is 302 g/mol. The molecule has 0 spiro atoms. The topological polar surface area (TPSA) is 72.2 Å². The van der Waals surface area contributed by atoms with Crippen LogP contribution in [0.1, 0.15) is 54.4 Å². The molecule has 1 aromatic carbocycles. The predicted molar refractivity (Wildman–Crippen MR) is 87.7 cm³/mol. The van der Waals surface area contributed by atoms with Crippen LogP contribution in [0.2, 0.25) is 0 Å². The summed E-state index contributed by atoms with van der Waals surface area (Å²) in [6.07, 6.45) is 4.93. The number of nitrogens with one attached hydrogen (secondary N) is 1. The van der Waals surface area contributed by atoms with Crippen molar-refractivity contribution in [1.82, 2.24) is 5.32 Å². The number of ketones is 1. The first kappa shape index (κ1) is 16.7. The number of amides is 1. The maximum atomic E-state index is 12.1. The number of aryl methyl sites for hydroxylation is 1. The van der Waals surface area contributed by atoms with Crippen LogP contribution in [0, 0.1) is 12.8 Å². The van der Waals surface area contributed by atoms with E-state index < -0.39 is 0 Å². The van der Waals surface area contributed by atoms with Crippen molar-refractivity contribution in [3.63, 3.8) is 0 Å². The molecule has 1 amide bonds. The van der Waals surface area contributed by atoms with Crippen molar-refractivity contribution in [3.05, 3.63) is 35.4 Å². The minimum absolute atomic E-state index is 0.0224. The Hall–Kier alpha value is -1.68. The van der Waals surface area contributed by atoms with E-state index in [1.165, 1.54) is 6.42 Å². The van der Waals surface area contributed by atoms with Gasteiger partial charge in [-0.15, -0.1) is 0 Å². The summed E-state index contributed by atoms with van der Waals surface area (Å²) in [6.45, 7) is 2.60. The highest BCUT2D eigenvalue weighted by Crippen LogP contribution is 2.23. The number of carbonyl (C=O) groups is 2. The van der Waals surface area contributed by atoms with Gasteiger partial charge in [0.15, 0.2) is 5.78 Å². The molecule has 2 unspecified atom stereocenters. The zero-order valence-electron chi connectivity index (χ0n) is 13.3. The Kier molecular flexibility index (Phi) is 6.13. The van der Waals surface area contributed by atoms with Gasteiger partial charge in [0.25, 0.3) is 0 Å². The molecule has 3 N–H and O–H groups in total. The Morgan fingerprint density at radius 2 is 1.82 bits per heavy atom. The van der Waals surface area contributed by atoms with Crippen LogP contribution < -0.4 is 11.1 Å². The van der Waals surface area contributed by atoms with Crippen molar-refractivity contribution in [1.29, 1.82) is 0 Å². The van der Waals surface area contributed by atoms with Gasteiger partial charge in [-0.25, -0.2) is 0 Å². The average Bonchev–Trinajstić information content (AvgIpc) is 2.54. The molecule has 22 heavy (non-hydrogen) atoms. The first-order chi connectivity index (χ1) is 10.6. The summed E-state index contributed by atoms with van der Waals surface area (Å²) in [4.78, 5) is 24.1. The van der Waals surface area contributed by atoms with Gasteiger partial charge < -0.3 is 11.1 Å². The van der Waals surface area contributed by atoms with Gasteiger partial charge in [0.2, 0.25) is 5.91 Å². The molecule has 2 rings (SSSR count). The van der Waals surface area contributed by atoms with Crippen molar-refractivity contribution in [2.75, 3.05) is 6.54 Å². The highest BCUT2D eigenvalue weighted by Gasteiger charge is 2.25. The lowest BCUT2D eigenvalue weighted by Crippen LogP contribution is -2.44.